The summed E-state index contributed by atoms with van der Waals surface area (Å²) in [5.41, 5.74) is 2.87. The van der Waals surface area contributed by atoms with Crippen LogP contribution in [0.2, 0.25) is 0 Å². The molecule has 134 valence electrons. The Hall–Kier alpha value is -3.38. The Balaban J connectivity index is 1.47. The fourth-order valence-corrected chi connectivity index (χ4v) is 3.50. The summed E-state index contributed by atoms with van der Waals surface area (Å²) in [5.74, 6) is -0.461. The molecule has 0 unspecified atom stereocenters. The third-order valence-corrected chi connectivity index (χ3v) is 5.06. The number of benzene rings is 2. The number of aromatic amines is 1. The lowest BCUT2D eigenvalue weighted by Crippen LogP contribution is -2.24. The van der Waals surface area contributed by atoms with Crippen LogP contribution in [-0.2, 0) is 6.54 Å². The second-order valence-electron chi connectivity index (χ2n) is 6.04. The van der Waals surface area contributed by atoms with Crippen LogP contribution in [0.5, 0.6) is 0 Å². The first-order valence-corrected chi connectivity index (χ1v) is 9.37. The molecular formula is C21H17N3O2S. The van der Waals surface area contributed by atoms with Crippen LogP contribution in [-0.4, -0.2) is 16.8 Å². The van der Waals surface area contributed by atoms with Gasteiger partial charge in [0.05, 0.1) is 22.7 Å². The zero-order chi connectivity index (χ0) is 18.6. The molecule has 0 aliphatic rings. The maximum atomic E-state index is 12.6. The molecule has 4 rings (SSSR count). The van der Waals surface area contributed by atoms with Crippen molar-refractivity contribution in [2.24, 2.45) is 0 Å². The Kier molecular flexibility index (Phi) is 4.72. The lowest BCUT2D eigenvalue weighted by Gasteiger charge is -2.10. The molecule has 6 heteroatoms. The first-order chi connectivity index (χ1) is 13.2. The fraction of sp³-hybridized carbons (Fsp3) is 0.0476. The van der Waals surface area contributed by atoms with Crippen molar-refractivity contribution in [2.45, 2.75) is 6.54 Å². The molecule has 0 bridgehead atoms. The summed E-state index contributed by atoms with van der Waals surface area (Å²) in [6, 6.07) is 20.5. The van der Waals surface area contributed by atoms with E-state index in [1.807, 2.05) is 41.8 Å². The molecule has 2 amide bonds. The molecule has 0 saturated carbocycles. The second-order valence-corrected chi connectivity index (χ2v) is 6.99. The van der Waals surface area contributed by atoms with Crippen LogP contribution in [0.1, 0.15) is 25.7 Å². The molecule has 0 spiro atoms. The molecule has 0 aliphatic heterocycles. The average Bonchev–Trinajstić information content (AvgIpc) is 3.36. The van der Waals surface area contributed by atoms with E-state index < -0.39 is 0 Å². The van der Waals surface area contributed by atoms with Gasteiger partial charge in [0.1, 0.15) is 0 Å². The summed E-state index contributed by atoms with van der Waals surface area (Å²) >= 11 is 1.36. The Morgan fingerprint density at radius 2 is 1.74 bits per heavy atom. The molecule has 4 aromatic rings. The SMILES string of the molecule is O=C(Nc1ccccc1C(=O)NCc1cc2ccccc2[nH]1)c1cccs1. The van der Waals surface area contributed by atoms with Crippen molar-refractivity contribution >= 4 is 39.7 Å². The van der Waals surface area contributed by atoms with Crippen LogP contribution in [0.3, 0.4) is 0 Å². The molecule has 3 N–H and O–H groups in total. The van der Waals surface area contributed by atoms with Gasteiger partial charge in [-0.05, 0) is 41.1 Å². The molecule has 5 nitrogen and oxygen atoms in total. The highest BCUT2D eigenvalue weighted by Gasteiger charge is 2.14. The van der Waals surface area contributed by atoms with Crippen molar-refractivity contribution in [1.82, 2.24) is 10.3 Å². The number of H-pyrrole nitrogens is 1. The van der Waals surface area contributed by atoms with Crippen LogP contribution in [0.4, 0.5) is 5.69 Å². The lowest BCUT2D eigenvalue weighted by atomic mass is 10.1. The van der Waals surface area contributed by atoms with Gasteiger partial charge in [0.2, 0.25) is 0 Å². The molecule has 0 radical (unpaired) electrons. The molecule has 2 aromatic heterocycles. The third-order valence-electron chi connectivity index (χ3n) is 4.19. The van der Waals surface area contributed by atoms with E-state index in [0.29, 0.717) is 22.7 Å². The number of rotatable bonds is 5. The number of para-hydroxylation sites is 2. The maximum Gasteiger partial charge on any atom is 0.265 e. The molecular weight excluding hydrogens is 358 g/mol. The van der Waals surface area contributed by atoms with Gasteiger partial charge in [-0.1, -0.05) is 36.4 Å². The van der Waals surface area contributed by atoms with Crippen molar-refractivity contribution in [3.05, 3.63) is 88.2 Å². The van der Waals surface area contributed by atoms with Gasteiger partial charge >= 0.3 is 0 Å². The number of hydrogen-bond acceptors (Lipinski definition) is 3. The van der Waals surface area contributed by atoms with E-state index in [-0.39, 0.29) is 11.8 Å². The summed E-state index contributed by atoms with van der Waals surface area (Å²) in [5, 5.41) is 8.67. The molecule has 0 atom stereocenters. The predicted octanol–water partition coefficient (Wildman–Crippen LogP) is 4.41. The van der Waals surface area contributed by atoms with E-state index in [4.69, 9.17) is 0 Å². The Morgan fingerprint density at radius 1 is 0.926 bits per heavy atom. The third kappa shape index (κ3) is 3.75. The first kappa shape index (κ1) is 17.1. The monoisotopic (exact) mass is 375 g/mol. The Labute approximate surface area is 160 Å². The first-order valence-electron chi connectivity index (χ1n) is 8.49. The zero-order valence-corrected chi connectivity index (χ0v) is 15.2. The molecule has 27 heavy (non-hydrogen) atoms. The Morgan fingerprint density at radius 3 is 2.56 bits per heavy atom. The molecule has 2 aromatic carbocycles. The summed E-state index contributed by atoms with van der Waals surface area (Å²) in [7, 11) is 0. The summed E-state index contributed by atoms with van der Waals surface area (Å²) in [6.07, 6.45) is 0. The van der Waals surface area contributed by atoms with E-state index in [9.17, 15) is 9.59 Å². The number of hydrogen-bond donors (Lipinski definition) is 3. The topological polar surface area (TPSA) is 74.0 Å². The highest BCUT2D eigenvalue weighted by atomic mass is 32.1. The van der Waals surface area contributed by atoms with Crippen LogP contribution in [0.25, 0.3) is 10.9 Å². The van der Waals surface area contributed by atoms with Crippen LogP contribution < -0.4 is 10.6 Å². The number of thiophene rings is 1. The number of anilines is 1. The smallest absolute Gasteiger partial charge is 0.265 e. The van der Waals surface area contributed by atoms with Gasteiger partial charge in [-0.3, -0.25) is 9.59 Å². The van der Waals surface area contributed by atoms with Gasteiger partial charge in [0.15, 0.2) is 0 Å². The van der Waals surface area contributed by atoms with Gasteiger partial charge in [-0.15, -0.1) is 11.3 Å². The van der Waals surface area contributed by atoms with Gasteiger partial charge in [-0.25, -0.2) is 0 Å². The maximum absolute atomic E-state index is 12.6. The van der Waals surface area contributed by atoms with E-state index >= 15 is 0 Å². The predicted molar refractivity (Wildman–Crippen MR) is 108 cm³/mol. The quantitative estimate of drug-likeness (QED) is 0.483. The fourth-order valence-electron chi connectivity index (χ4n) is 2.88. The van der Waals surface area contributed by atoms with Crippen molar-refractivity contribution in [3.63, 3.8) is 0 Å². The largest absolute Gasteiger partial charge is 0.357 e. The minimum Gasteiger partial charge on any atom is -0.357 e. The summed E-state index contributed by atoms with van der Waals surface area (Å²) in [4.78, 5) is 28.8. The number of aromatic nitrogens is 1. The Bertz CT molecular complexity index is 1070. The van der Waals surface area contributed by atoms with Gasteiger partial charge in [0, 0.05) is 11.2 Å². The van der Waals surface area contributed by atoms with Crippen LogP contribution in [0, 0.1) is 0 Å². The highest BCUT2D eigenvalue weighted by molar-refractivity contribution is 7.12. The minimum atomic E-state index is -0.240. The summed E-state index contributed by atoms with van der Waals surface area (Å²) in [6.45, 7) is 0.376. The lowest BCUT2D eigenvalue weighted by molar-refractivity contribution is 0.0951. The van der Waals surface area contributed by atoms with Crippen LogP contribution in [0.15, 0.2) is 72.1 Å². The van der Waals surface area contributed by atoms with Gasteiger partial charge in [-0.2, -0.15) is 0 Å². The standard InChI is InChI=1S/C21H17N3O2S/c25-20(22-13-15-12-14-6-1-3-8-17(14)23-15)16-7-2-4-9-18(16)24-21(26)19-10-5-11-27-19/h1-12,23H,13H2,(H,22,25)(H,24,26). The zero-order valence-electron chi connectivity index (χ0n) is 14.4. The number of amides is 2. The van der Waals surface area contributed by atoms with E-state index in [1.165, 1.54) is 11.3 Å². The molecule has 2 heterocycles. The average molecular weight is 375 g/mol. The van der Waals surface area contributed by atoms with Gasteiger partial charge in [0.25, 0.3) is 11.8 Å². The van der Waals surface area contributed by atoms with Crippen molar-refractivity contribution in [3.8, 4) is 0 Å². The number of carbonyl (C=O) groups excluding carboxylic acids is 2. The van der Waals surface area contributed by atoms with E-state index in [1.54, 1.807) is 30.3 Å². The number of fused-ring (bicyclic) bond motifs is 1. The number of carbonyl (C=O) groups is 2. The van der Waals surface area contributed by atoms with Crippen molar-refractivity contribution in [1.29, 1.82) is 0 Å². The second kappa shape index (κ2) is 7.47. The van der Waals surface area contributed by atoms with E-state index in [2.05, 4.69) is 15.6 Å². The number of nitrogens with one attached hydrogen (secondary N) is 3. The molecule has 0 saturated heterocycles. The van der Waals surface area contributed by atoms with E-state index in [0.717, 1.165) is 16.6 Å². The van der Waals surface area contributed by atoms with Gasteiger partial charge < -0.3 is 15.6 Å². The van der Waals surface area contributed by atoms with Crippen molar-refractivity contribution in [2.75, 3.05) is 5.32 Å². The van der Waals surface area contributed by atoms with Crippen molar-refractivity contribution < 1.29 is 9.59 Å². The summed E-state index contributed by atoms with van der Waals surface area (Å²) < 4.78 is 0. The minimum absolute atomic E-state index is 0.221. The molecule has 0 fully saturated rings. The highest BCUT2D eigenvalue weighted by Crippen LogP contribution is 2.19. The normalized spacial score (nSPS) is 10.7. The van der Waals surface area contributed by atoms with Crippen LogP contribution >= 0.6 is 11.3 Å². The molecule has 0 aliphatic carbocycles.